The fourth-order valence-corrected chi connectivity index (χ4v) is 3.63. The monoisotopic (exact) mass is 317 g/mol. The van der Waals surface area contributed by atoms with E-state index in [2.05, 4.69) is 10.2 Å². The van der Waals surface area contributed by atoms with Gasteiger partial charge in [-0.1, -0.05) is 12.5 Å². The van der Waals surface area contributed by atoms with Gasteiger partial charge < -0.3 is 19.9 Å². The number of benzene rings is 1. The molecule has 2 heterocycles. The Morgan fingerprint density at radius 3 is 2.83 bits per heavy atom. The zero-order chi connectivity index (χ0) is 16.1. The van der Waals surface area contributed by atoms with Crippen LogP contribution in [0.25, 0.3) is 0 Å². The predicted molar refractivity (Wildman–Crippen MR) is 92.0 cm³/mol. The second-order valence-corrected chi connectivity index (χ2v) is 6.51. The van der Waals surface area contributed by atoms with Crippen LogP contribution in [0.15, 0.2) is 24.3 Å². The third-order valence-electron chi connectivity index (χ3n) is 4.88. The fraction of sp³-hybridized carbons (Fsp3) is 0.611. The van der Waals surface area contributed by atoms with Crippen molar-refractivity contribution in [2.75, 3.05) is 38.6 Å². The van der Waals surface area contributed by atoms with E-state index in [0.717, 1.165) is 37.4 Å². The van der Waals surface area contributed by atoms with E-state index < -0.39 is 0 Å². The van der Waals surface area contributed by atoms with Crippen molar-refractivity contribution < 1.29 is 9.53 Å². The number of piperidine rings is 1. The minimum absolute atomic E-state index is 0.0118. The van der Waals surface area contributed by atoms with Crippen LogP contribution in [-0.4, -0.2) is 55.2 Å². The number of nitrogens with one attached hydrogen (secondary N) is 1. The van der Waals surface area contributed by atoms with E-state index in [-0.39, 0.29) is 6.03 Å². The number of carbonyl (C=O) groups is 1. The van der Waals surface area contributed by atoms with Crippen LogP contribution in [0.1, 0.15) is 32.1 Å². The van der Waals surface area contributed by atoms with E-state index in [4.69, 9.17) is 4.74 Å². The quantitative estimate of drug-likeness (QED) is 0.927. The number of carbonyl (C=O) groups excluding carboxylic acids is 1. The molecule has 2 amide bonds. The molecule has 0 saturated carbocycles. The third kappa shape index (κ3) is 4.16. The number of hydrogen-bond acceptors (Lipinski definition) is 3. The van der Waals surface area contributed by atoms with Crippen molar-refractivity contribution in [3.05, 3.63) is 24.3 Å². The van der Waals surface area contributed by atoms with Gasteiger partial charge in [-0.15, -0.1) is 0 Å². The van der Waals surface area contributed by atoms with Gasteiger partial charge in [0.25, 0.3) is 0 Å². The molecule has 2 aliphatic rings. The highest BCUT2D eigenvalue weighted by Gasteiger charge is 2.30. The van der Waals surface area contributed by atoms with Crippen molar-refractivity contribution in [2.45, 2.75) is 38.1 Å². The number of amides is 2. The molecule has 1 atom stereocenters. The molecule has 1 aromatic rings. The van der Waals surface area contributed by atoms with E-state index >= 15 is 0 Å². The van der Waals surface area contributed by atoms with Crippen molar-refractivity contribution in [1.82, 2.24) is 9.80 Å². The standard InChI is InChI=1S/C18H27N3O2/c1-23-17-9-5-7-15(13-17)19-18(22)21-12-6-8-16(21)14-20-10-3-2-4-11-20/h5,7,9,13,16H,2-4,6,8,10-12,14H2,1H3,(H,19,22)/t16-/m1/s1. The lowest BCUT2D eigenvalue weighted by atomic mass is 10.1. The maximum Gasteiger partial charge on any atom is 0.322 e. The van der Waals surface area contributed by atoms with Crippen molar-refractivity contribution in [2.24, 2.45) is 0 Å². The molecule has 23 heavy (non-hydrogen) atoms. The number of likely N-dealkylation sites (tertiary alicyclic amines) is 2. The van der Waals surface area contributed by atoms with E-state index in [1.807, 2.05) is 29.2 Å². The molecule has 0 unspecified atom stereocenters. The summed E-state index contributed by atoms with van der Waals surface area (Å²) in [5.41, 5.74) is 0.790. The van der Waals surface area contributed by atoms with Gasteiger partial charge in [0.05, 0.1) is 7.11 Å². The Kier molecular flexibility index (Phi) is 5.39. The molecule has 3 rings (SSSR count). The Morgan fingerprint density at radius 1 is 1.22 bits per heavy atom. The molecular formula is C18H27N3O2. The maximum atomic E-state index is 12.6. The summed E-state index contributed by atoms with van der Waals surface area (Å²) in [4.78, 5) is 17.1. The highest BCUT2D eigenvalue weighted by Crippen LogP contribution is 2.22. The summed E-state index contributed by atoms with van der Waals surface area (Å²) in [6, 6.07) is 7.88. The van der Waals surface area contributed by atoms with Crippen molar-refractivity contribution in [1.29, 1.82) is 0 Å². The number of methoxy groups -OCH3 is 1. The third-order valence-corrected chi connectivity index (χ3v) is 4.88. The van der Waals surface area contributed by atoms with Crippen LogP contribution in [0.3, 0.4) is 0 Å². The number of anilines is 1. The number of nitrogens with zero attached hydrogens (tertiary/aromatic N) is 2. The van der Waals surface area contributed by atoms with Crippen molar-refractivity contribution >= 4 is 11.7 Å². The van der Waals surface area contributed by atoms with E-state index in [1.54, 1.807) is 7.11 Å². The summed E-state index contributed by atoms with van der Waals surface area (Å²) in [6.07, 6.45) is 6.15. The van der Waals surface area contributed by atoms with Crippen LogP contribution >= 0.6 is 0 Å². The first-order chi connectivity index (χ1) is 11.3. The molecule has 0 radical (unpaired) electrons. The van der Waals surface area contributed by atoms with Gasteiger partial charge in [-0.25, -0.2) is 4.79 Å². The van der Waals surface area contributed by atoms with Gasteiger partial charge in [-0.3, -0.25) is 0 Å². The SMILES string of the molecule is COc1cccc(NC(=O)N2CCC[C@@H]2CN2CCCCC2)c1. The highest BCUT2D eigenvalue weighted by atomic mass is 16.5. The predicted octanol–water partition coefficient (Wildman–Crippen LogP) is 3.18. The molecule has 0 bridgehead atoms. The molecule has 1 aromatic carbocycles. The van der Waals surface area contributed by atoms with Gasteiger partial charge in [0.2, 0.25) is 0 Å². The van der Waals surface area contributed by atoms with Crippen LogP contribution in [-0.2, 0) is 0 Å². The van der Waals surface area contributed by atoms with Crippen LogP contribution in [0, 0.1) is 0 Å². The second kappa shape index (κ2) is 7.68. The molecule has 0 spiro atoms. The smallest absolute Gasteiger partial charge is 0.322 e. The average molecular weight is 317 g/mol. The molecule has 2 fully saturated rings. The number of rotatable bonds is 4. The molecule has 5 heteroatoms. The van der Waals surface area contributed by atoms with E-state index in [1.165, 1.54) is 32.4 Å². The Bertz CT molecular complexity index is 529. The van der Waals surface area contributed by atoms with Crippen LogP contribution in [0.5, 0.6) is 5.75 Å². The zero-order valence-electron chi connectivity index (χ0n) is 14.0. The molecule has 1 N–H and O–H groups in total. The second-order valence-electron chi connectivity index (χ2n) is 6.51. The van der Waals surface area contributed by atoms with Gasteiger partial charge in [0.1, 0.15) is 5.75 Å². The van der Waals surface area contributed by atoms with Crippen molar-refractivity contribution in [3.63, 3.8) is 0 Å². The number of urea groups is 1. The number of ether oxygens (including phenoxy) is 1. The van der Waals surface area contributed by atoms with Gasteiger partial charge in [-0.2, -0.15) is 0 Å². The lowest BCUT2D eigenvalue weighted by molar-refractivity contribution is 0.161. The summed E-state index contributed by atoms with van der Waals surface area (Å²) >= 11 is 0. The van der Waals surface area contributed by atoms with Crippen LogP contribution in [0.2, 0.25) is 0 Å². The largest absolute Gasteiger partial charge is 0.497 e. The Hall–Kier alpha value is -1.75. The normalized spacial score (nSPS) is 22.1. The first kappa shape index (κ1) is 16.1. The van der Waals surface area contributed by atoms with Crippen LogP contribution in [0.4, 0.5) is 10.5 Å². The summed E-state index contributed by atoms with van der Waals surface area (Å²) < 4.78 is 5.21. The Labute approximate surface area is 138 Å². The first-order valence-corrected chi connectivity index (χ1v) is 8.70. The zero-order valence-corrected chi connectivity index (χ0v) is 14.0. The lowest BCUT2D eigenvalue weighted by Gasteiger charge is -2.33. The molecule has 126 valence electrons. The average Bonchev–Trinajstić information content (AvgIpc) is 3.04. The van der Waals surface area contributed by atoms with E-state index in [0.29, 0.717) is 6.04 Å². The summed E-state index contributed by atoms with van der Waals surface area (Å²) in [7, 11) is 1.63. The molecular weight excluding hydrogens is 290 g/mol. The Balaban J connectivity index is 1.58. The van der Waals surface area contributed by atoms with Gasteiger partial charge >= 0.3 is 6.03 Å². The molecule has 0 aromatic heterocycles. The fourth-order valence-electron chi connectivity index (χ4n) is 3.63. The lowest BCUT2D eigenvalue weighted by Crippen LogP contribution is -2.46. The molecule has 2 saturated heterocycles. The minimum atomic E-state index is 0.0118. The van der Waals surface area contributed by atoms with E-state index in [9.17, 15) is 4.79 Å². The van der Waals surface area contributed by atoms with Gasteiger partial charge in [0.15, 0.2) is 0 Å². The summed E-state index contributed by atoms with van der Waals surface area (Å²) in [6.45, 7) is 4.24. The molecule has 0 aliphatic carbocycles. The van der Waals surface area contributed by atoms with Gasteiger partial charge in [0, 0.05) is 30.9 Å². The topological polar surface area (TPSA) is 44.8 Å². The number of hydrogen-bond donors (Lipinski definition) is 1. The van der Waals surface area contributed by atoms with Crippen molar-refractivity contribution in [3.8, 4) is 5.75 Å². The summed E-state index contributed by atoms with van der Waals surface area (Å²) in [5, 5.41) is 3.01. The van der Waals surface area contributed by atoms with Crippen LogP contribution < -0.4 is 10.1 Å². The molecule has 2 aliphatic heterocycles. The minimum Gasteiger partial charge on any atom is -0.497 e. The van der Waals surface area contributed by atoms with Gasteiger partial charge in [-0.05, 0) is 50.9 Å². The highest BCUT2D eigenvalue weighted by molar-refractivity contribution is 5.90. The first-order valence-electron chi connectivity index (χ1n) is 8.70. The Morgan fingerprint density at radius 2 is 2.04 bits per heavy atom. The summed E-state index contributed by atoms with van der Waals surface area (Å²) in [5.74, 6) is 0.758. The maximum absolute atomic E-state index is 12.6. The molecule has 5 nitrogen and oxygen atoms in total.